The van der Waals surface area contributed by atoms with Crippen molar-refractivity contribution in [1.82, 2.24) is 9.97 Å². The first-order valence-electron chi connectivity index (χ1n) is 8.58. The number of alkyl halides is 3. The number of rotatable bonds is 5. The molecule has 0 aliphatic carbocycles. The molecule has 156 valence electrons. The van der Waals surface area contributed by atoms with Crippen LogP contribution in [0.3, 0.4) is 0 Å². The van der Waals surface area contributed by atoms with Crippen molar-refractivity contribution in [2.24, 2.45) is 0 Å². The molecular formula is C20H14F5N3OS. The van der Waals surface area contributed by atoms with Crippen LogP contribution < -0.4 is 5.32 Å². The van der Waals surface area contributed by atoms with Gasteiger partial charge in [-0.25, -0.2) is 18.7 Å². The molecule has 0 fully saturated rings. The van der Waals surface area contributed by atoms with Gasteiger partial charge in [0, 0.05) is 17.3 Å². The largest absolute Gasteiger partial charge is 0.433 e. The number of carbonyl (C=O) groups excluding carboxylic acids is 1. The van der Waals surface area contributed by atoms with Gasteiger partial charge in [-0.15, -0.1) is 0 Å². The molecular weight excluding hydrogens is 425 g/mol. The van der Waals surface area contributed by atoms with Crippen LogP contribution in [0.25, 0.3) is 11.3 Å². The Bertz CT molecular complexity index is 1060. The van der Waals surface area contributed by atoms with Crippen LogP contribution in [-0.2, 0) is 11.0 Å². The number of amides is 1. The second-order valence-corrected chi connectivity index (χ2v) is 7.47. The standard InChI is InChI=1S/C20H14F5N3OS/c1-11(18(29)26-13-7-8-14(21)15(22)9-13)30-19-27-16(12-5-3-2-4-6-12)10-17(28-19)20(23,24)25/h2-11H,1H3,(H,26,29). The van der Waals surface area contributed by atoms with Crippen molar-refractivity contribution in [2.75, 3.05) is 5.32 Å². The Labute approximate surface area is 172 Å². The molecule has 0 aliphatic heterocycles. The van der Waals surface area contributed by atoms with E-state index in [0.717, 1.165) is 18.2 Å². The van der Waals surface area contributed by atoms with E-state index < -0.39 is 34.7 Å². The lowest BCUT2D eigenvalue weighted by Gasteiger charge is -2.14. The molecule has 0 spiro atoms. The first-order chi connectivity index (χ1) is 14.1. The van der Waals surface area contributed by atoms with Crippen molar-refractivity contribution in [3.63, 3.8) is 0 Å². The van der Waals surface area contributed by atoms with Gasteiger partial charge in [-0.1, -0.05) is 42.1 Å². The van der Waals surface area contributed by atoms with Crippen LogP contribution in [0.4, 0.5) is 27.6 Å². The number of anilines is 1. The zero-order chi connectivity index (χ0) is 21.9. The Morgan fingerprint density at radius 1 is 1.00 bits per heavy atom. The predicted octanol–water partition coefficient (Wildman–Crippen LogP) is 5.56. The SMILES string of the molecule is CC(Sc1nc(-c2ccccc2)cc(C(F)(F)F)n1)C(=O)Nc1ccc(F)c(F)c1. The van der Waals surface area contributed by atoms with Crippen LogP contribution in [0.1, 0.15) is 12.6 Å². The van der Waals surface area contributed by atoms with Crippen LogP contribution in [0.15, 0.2) is 59.8 Å². The molecule has 30 heavy (non-hydrogen) atoms. The molecule has 4 nitrogen and oxygen atoms in total. The van der Waals surface area contributed by atoms with E-state index in [-0.39, 0.29) is 16.5 Å². The number of carbonyl (C=O) groups is 1. The van der Waals surface area contributed by atoms with E-state index in [1.165, 1.54) is 13.0 Å². The summed E-state index contributed by atoms with van der Waals surface area (Å²) < 4.78 is 66.1. The topological polar surface area (TPSA) is 54.9 Å². The van der Waals surface area contributed by atoms with Gasteiger partial charge in [-0.2, -0.15) is 13.2 Å². The molecule has 3 aromatic rings. The summed E-state index contributed by atoms with van der Waals surface area (Å²) in [5, 5.41) is 1.23. The normalized spacial score (nSPS) is 12.5. The third-order valence-corrected chi connectivity index (χ3v) is 4.87. The first kappa shape index (κ1) is 21.7. The monoisotopic (exact) mass is 439 g/mol. The van der Waals surface area contributed by atoms with Gasteiger partial charge in [-0.3, -0.25) is 4.79 Å². The van der Waals surface area contributed by atoms with E-state index >= 15 is 0 Å². The van der Waals surface area contributed by atoms with Crippen molar-refractivity contribution in [1.29, 1.82) is 0 Å². The number of halogens is 5. The van der Waals surface area contributed by atoms with Gasteiger partial charge >= 0.3 is 6.18 Å². The minimum Gasteiger partial charge on any atom is -0.325 e. The fourth-order valence-corrected chi connectivity index (χ4v) is 3.19. The number of thioether (sulfide) groups is 1. The average Bonchev–Trinajstić information content (AvgIpc) is 2.70. The molecule has 1 N–H and O–H groups in total. The molecule has 0 bridgehead atoms. The molecule has 0 radical (unpaired) electrons. The summed E-state index contributed by atoms with van der Waals surface area (Å²) in [6.45, 7) is 1.44. The predicted molar refractivity (Wildman–Crippen MR) is 103 cm³/mol. The number of nitrogens with zero attached hydrogens (tertiary/aromatic N) is 2. The van der Waals surface area contributed by atoms with E-state index in [9.17, 15) is 26.7 Å². The summed E-state index contributed by atoms with van der Waals surface area (Å²) in [5.74, 6) is -2.84. The van der Waals surface area contributed by atoms with Gasteiger partial charge < -0.3 is 5.32 Å². The average molecular weight is 439 g/mol. The maximum Gasteiger partial charge on any atom is 0.433 e. The molecule has 1 unspecified atom stereocenters. The number of benzene rings is 2. The van der Waals surface area contributed by atoms with Gasteiger partial charge in [0.05, 0.1) is 10.9 Å². The third-order valence-electron chi connectivity index (χ3n) is 3.90. The Kier molecular flexibility index (Phi) is 6.35. The molecule has 0 aliphatic rings. The fourth-order valence-electron chi connectivity index (χ4n) is 2.41. The Morgan fingerprint density at radius 2 is 1.70 bits per heavy atom. The molecule has 1 heterocycles. The summed E-state index contributed by atoms with van der Waals surface area (Å²) in [5.41, 5.74) is -0.590. The zero-order valence-electron chi connectivity index (χ0n) is 15.4. The molecule has 2 aromatic carbocycles. The van der Waals surface area contributed by atoms with Crippen molar-refractivity contribution >= 4 is 23.4 Å². The molecule has 10 heteroatoms. The molecule has 3 rings (SSSR count). The molecule has 0 saturated heterocycles. The van der Waals surface area contributed by atoms with E-state index in [0.29, 0.717) is 17.3 Å². The van der Waals surface area contributed by atoms with Crippen LogP contribution in [0, 0.1) is 11.6 Å². The Balaban J connectivity index is 1.83. The van der Waals surface area contributed by atoms with Crippen LogP contribution >= 0.6 is 11.8 Å². The highest BCUT2D eigenvalue weighted by molar-refractivity contribution is 8.00. The lowest BCUT2D eigenvalue weighted by molar-refractivity contribution is -0.141. The van der Waals surface area contributed by atoms with Crippen molar-refractivity contribution < 1.29 is 26.7 Å². The molecule has 1 aromatic heterocycles. The fraction of sp³-hybridized carbons (Fsp3) is 0.150. The number of aromatic nitrogens is 2. The molecule has 0 saturated carbocycles. The first-order valence-corrected chi connectivity index (χ1v) is 9.46. The van der Waals surface area contributed by atoms with Gasteiger partial charge in [0.1, 0.15) is 5.69 Å². The second-order valence-electron chi connectivity index (χ2n) is 6.16. The highest BCUT2D eigenvalue weighted by atomic mass is 32.2. The van der Waals surface area contributed by atoms with E-state index in [1.54, 1.807) is 30.3 Å². The Morgan fingerprint density at radius 3 is 2.33 bits per heavy atom. The van der Waals surface area contributed by atoms with Gasteiger partial charge in [0.15, 0.2) is 16.8 Å². The van der Waals surface area contributed by atoms with Crippen LogP contribution in [0.2, 0.25) is 0 Å². The lowest BCUT2D eigenvalue weighted by Crippen LogP contribution is -2.23. The molecule has 1 amide bonds. The quantitative estimate of drug-likeness (QED) is 0.321. The van der Waals surface area contributed by atoms with Crippen molar-refractivity contribution in [3.05, 3.63) is 71.9 Å². The third kappa shape index (κ3) is 5.32. The smallest absolute Gasteiger partial charge is 0.325 e. The maximum absolute atomic E-state index is 13.3. The Hall–Kier alpha value is -3.01. The second kappa shape index (κ2) is 8.78. The van der Waals surface area contributed by atoms with E-state index in [2.05, 4.69) is 15.3 Å². The van der Waals surface area contributed by atoms with E-state index in [1.807, 2.05) is 0 Å². The summed E-state index contributed by atoms with van der Waals surface area (Å²) in [6, 6.07) is 11.9. The van der Waals surface area contributed by atoms with Crippen LogP contribution in [-0.4, -0.2) is 21.1 Å². The summed E-state index contributed by atoms with van der Waals surface area (Å²) in [4.78, 5) is 20.0. The summed E-state index contributed by atoms with van der Waals surface area (Å²) in [6.07, 6.45) is -4.70. The summed E-state index contributed by atoms with van der Waals surface area (Å²) in [7, 11) is 0. The van der Waals surface area contributed by atoms with Gasteiger partial charge in [-0.05, 0) is 25.1 Å². The summed E-state index contributed by atoms with van der Waals surface area (Å²) >= 11 is 0.715. The highest BCUT2D eigenvalue weighted by Crippen LogP contribution is 2.33. The number of nitrogens with one attached hydrogen (secondary N) is 1. The maximum atomic E-state index is 13.3. The van der Waals surface area contributed by atoms with Gasteiger partial charge in [0.2, 0.25) is 5.91 Å². The van der Waals surface area contributed by atoms with Crippen molar-refractivity contribution in [2.45, 2.75) is 23.5 Å². The lowest BCUT2D eigenvalue weighted by atomic mass is 10.1. The van der Waals surface area contributed by atoms with Crippen molar-refractivity contribution in [3.8, 4) is 11.3 Å². The minimum absolute atomic E-state index is 0.0151. The highest BCUT2D eigenvalue weighted by Gasteiger charge is 2.34. The molecule has 1 atom stereocenters. The zero-order valence-corrected chi connectivity index (χ0v) is 16.2. The minimum atomic E-state index is -4.70. The number of hydrogen-bond donors (Lipinski definition) is 1. The van der Waals surface area contributed by atoms with Gasteiger partial charge in [0.25, 0.3) is 0 Å². The number of hydrogen-bond acceptors (Lipinski definition) is 4. The van der Waals surface area contributed by atoms with E-state index in [4.69, 9.17) is 0 Å². The van der Waals surface area contributed by atoms with Crippen LogP contribution in [0.5, 0.6) is 0 Å².